The van der Waals surface area contributed by atoms with E-state index in [9.17, 15) is 4.79 Å². The zero-order chi connectivity index (χ0) is 14.3. The maximum Gasteiger partial charge on any atom is 0.230 e. The van der Waals surface area contributed by atoms with Crippen LogP contribution in [0, 0.1) is 0 Å². The summed E-state index contributed by atoms with van der Waals surface area (Å²) in [5.41, 5.74) is 7.30. The van der Waals surface area contributed by atoms with Gasteiger partial charge in [0.1, 0.15) is 0 Å². The van der Waals surface area contributed by atoms with Crippen LogP contribution in [0.5, 0.6) is 0 Å². The van der Waals surface area contributed by atoms with E-state index in [4.69, 9.17) is 5.73 Å². The summed E-state index contributed by atoms with van der Waals surface area (Å²) in [5, 5.41) is 2.99. The molecule has 1 aromatic carbocycles. The number of carbonyl (C=O) groups is 1. The minimum absolute atomic E-state index is 0.0776. The van der Waals surface area contributed by atoms with E-state index in [0.29, 0.717) is 13.1 Å². The van der Waals surface area contributed by atoms with Gasteiger partial charge in [0.25, 0.3) is 0 Å². The zero-order valence-corrected chi connectivity index (χ0v) is 12.3. The Kier molecular flexibility index (Phi) is 6.03. The standard InChI is InChI=1S/C16H26N2O/c1-4-13-7-9-14(10-8-13)16(2,3)15(19)18-12-6-5-11-17/h7-10H,4-6,11-12,17H2,1-3H3,(H,18,19). The van der Waals surface area contributed by atoms with Gasteiger partial charge < -0.3 is 11.1 Å². The van der Waals surface area contributed by atoms with Gasteiger partial charge >= 0.3 is 0 Å². The molecule has 1 rings (SSSR count). The summed E-state index contributed by atoms with van der Waals surface area (Å²) in [7, 11) is 0. The molecule has 0 atom stereocenters. The molecule has 0 spiro atoms. The Morgan fingerprint density at radius 2 is 1.84 bits per heavy atom. The molecular formula is C16H26N2O. The molecule has 3 N–H and O–H groups in total. The number of aryl methyl sites for hydroxylation is 1. The van der Waals surface area contributed by atoms with Crippen LogP contribution in [0.4, 0.5) is 0 Å². The normalized spacial score (nSPS) is 11.4. The number of hydrogen-bond donors (Lipinski definition) is 2. The largest absolute Gasteiger partial charge is 0.355 e. The van der Waals surface area contributed by atoms with Crippen molar-refractivity contribution < 1.29 is 4.79 Å². The number of nitrogens with one attached hydrogen (secondary N) is 1. The molecule has 106 valence electrons. The summed E-state index contributed by atoms with van der Waals surface area (Å²) in [4.78, 5) is 12.2. The second kappa shape index (κ2) is 7.29. The van der Waals surface area contributed by atoms with Gasteiger partial charge in [-0.2, -0.15) is 0 Å². The SMILES string of the molecule is CCc1ccc(C(C)(C)C(=O)NCCCCN)cc1. The number of benzene rings is 1. The van der Waals surface area contributed by atoms with Gasteiger partial charge in [0, 0.05) is 6.54 Å². The molecule has 0 saturated heterocycles. The highest BCUT2D eigenvalue weighted by atomic mass is 16.2. The first-order valence-corrected chi connectivity index (χ1v) is 7.10. The average Bonchev–Trinajstić information content (AvgIpc) is 2.43. The van der Waals surface area contributed by atoms with Gasteiger partial charge in [-0.25, -0.2) is 0 Å². The molecule has 0 heterocycles. The van der Waals surface area contributed by atoms with Crippen molar-refractivity contribution in [2.24, 2.45) is 5.73 Å². The van der Waals surface area contributed by atoms with Crippen molar-refractivity contribution in [1.82, 2.24) is 5.32 Å². The Hall–Kier alpha value is -1.35. The predicted octanol–water partition coefficient (Wildman–Crippen LogP) is 2.38. The van der Waals surface area contributed by atoms with Crippen LogP contribution in [-0.4, -0.2) is 19.0 Å². The number of unbranched alkanes of at least 4 members (excludes halogenated alkanes) is 1. The third-order valence-corrected chi connectivity index (χ3v) is 3.57. The highest BCUT2D eigenvalue weighted by molar-refractivity contribution is 5.87. The summed E-state index contributed by atoms with van der Waals surface area (Å²) in [6.07, 6.45) is 2.91. The number of carbonyl (C=O) groups excluding carboxylic acids is 1. The van der Waals surface area contributed by atoms with Crippen LogP contribution in [0.1, 0.15) is 44.7 Å². The number of nitrogens with two attached hydrogens (primary N) is 1. The van der Waals surface area contributed by atoms with Gasteiger partial charge in [-0.3, -0.25) is 4.79 Å². The van der Waals surface area contributed by atoms with E-state index in [1.807, 2.05) is 13.8 Å². The number of rotatable bonds is 7. The number of hydrogen-bond acceptors (Lipinski definition) is 2. The van der Waals surface area contributed by atoms with Crippen molar-refractivity contribution in [3.05, 3.63) is 35.4 Å². The lowest BCUT2D eigenvalue weighted by atomic mass is 9.83. The van der Waals surface area contributed by atoms with Crippen LogP contribution in [0.3, 0.4) is 0 Å². The van der Waals surface area contributed by atoms with Crippen molar-refractivity contribution in [2.45, 2.75) is 45.4 Å². The molecule has 0 aromatic heterocycles. The summed E-state index contributed by atoms with van der Waals surface area (Å²) in [5.74, 6) is 0.0776. The first kappa shape index (κ1) is 15.7. The van der Waals surface area contributed by atoms with Crippen molar-refractivity contribution in [2.75, 3.05) is 13.1 Å². The van der Waals surface area contributed by atoms with Gasteiger partial charge in [0.15, 0.2) is 0 Å². The lowest BCUT2D eigenvalue weighted by Gasteiger charge is -2.24. The molecule has 0 aliphatic carbocycles. The fraction of sp³-hybridized carbons (Fsp3) is 0.562. The smallest absolute Gasteiger partial charge is 0.230 e. The van der Waals surface area contributed by atoms with E-state index in [0.717, 1.165) is 24.8 Å². The maximum absolute atomic E-state index is 12.2. The Morgan fingerprint density at radius 1 is 1.21 bits per heavy atom. The summed E-state index contributed by atoms with van der Waals surface area (Å²) in [6.45, 7) is 7.44. The molecule has 1 amide bonds. The molecule has 19 heavy (non-hydrogen) atoms. The van der Waals surface area contributed by atoms with Gasteiger partial charge in [-0.05, 0) is 50.8 Å². The molecule has 0 aliphatic rings. The summed E-state index contributed by atoms with van der Waals surface area (Å²) >= 11 is 0. The topological polar surface area (TPSA) is 55.1 Å². The fourth-order valence-corrected chi connectivity index (χ4v) is 1.98. The molecule has 0 radical (unpaired) electrons. The first-order chi connectivity index (χ1) is 9.02. The molecule has 0 fully saturated rings. The van der Waals surface area contributed by atoms with Crippen molar-refractivity contribution in [3.8, 4) is 0 Å². The van der Waals surface area contributed by atoms with Crippen LogP contribution in [0.25, 0.3) is 0 Å². The molecule has 3 heteroatoms. The average molecular weight is 262 g/mol. The summed E-state index contributed by atoms with van der Waals surface area (Å²) < 4.78 is 0. The van der Waals surface area contributed by atoms with E-state index < -0.39 is 5.41 Å². The van der Waals surface area contributed by atoms with Crippen LogP contribution >= 0.6 is 0 Å². The highest BCUT2D eigenvalue weighted by Gasteiger charge is 2.29. The molecule has 1 aromatic rings. The van der Waals surface area contributed by atoms with E-state index >= 15 is 0 Å². The Balaban J connectivity index is 2.64. The lowest BCUT2D eigenvalue weighted by Crippen LogP contribution is -2.40. The van der Waals surface area contributed by atoms with Crippen molar-refractivity contribution >= 4 is 5.91 Å². The molecule has 0 bridgehead atoms. The van der Waals surface area contributed by atoms with Crippen molar-refractivity contribution in [1.29, 1.82) is 0 Å². The summed E-state index contributed by atoms with van der Waals surface area (Å²) in [6, 6.07) is 8.30. The third-order valence-electron chi connectivity index (χ3n) is 3.57. The molecular weight excluding hydrogens is 236 g/mol. The minimum Gasteiger partial charge on any atom is -0.355 e. The molecule has 0 aliphatic heterocycles. The van der Waals surface area contributed by atoms with E-state index in [1.54, 1.807) is 0 Å². The lowest BCUT2D eigenvalue weighted by molar-refractivity contribution is -0.125. The van der Waals surface area contributed by atoms with Crippen LogP contribution in [0.2, 0.25) is 0 Å². The second-order valence-corrected chi connectivity index (χ2v) is 5.43. The predicted molar refractivity (Wildman–Crippen MR) is 80.1 cm³/mol. The van der Waals surface area contributed by atoms with Gasteiger partial charge in [-0.15, -0.1) is 0 Å². The van der Waals surface area contributed by atoms with Crippen molar-refractivity contribution in [3.63, 3.8) is 0 Å². The molecule has 0 unspecified atom stereocenters. The van der Waals surface area contributed by atoms with Crippen LogP contribution < -0.4 is 11.1 Å². The third kappa shape index (κ3) is 4.35. The van der Waals surface area contributed by atoms with Gasteiger partial charge in [0.05, 0.1) is 5.41 Å². The fourth-order valence-electron chi connectivity index (χ4n) is 1.98. The molecule has 3 nitrogen and oxygen atoms in total. The Labute approximate surface area is 116 Å². The first-order valence-electron chi connectivity index (χ1n) is 7.10. The van der Waals surface area contributed by atoms with Crippen LogP contribution in [-0.2, 0) is 16.6 Å². The second-order valence-electron chi connectivity index (χ2n) is 5.43. The van der Waals surface area contributed by atoms with Gasteiger partial charge in [-0.1, -0.05) is 31.2 Å². The monoisotopic (exact) mass is 262 g/mol. The highest BCUT2D eigenvalue weighted by Crippen LogP contribution is 2.23. The zero-order valence-electron chi connectivity index (χ0n) is 12.3. The minimum atomic E-state index is -0.491. The molecule has 0 saturated carbocycles. The maximum atomic E-state index is 12.2. The Bertz CT molecular complexity index is 396. The van der Waals surface area contributed by atoms with E-state index in [-0.39, 0.29) is 5.91 Å². The Morgan fingerprint density at radius 3 is 2.37 bits per heavy atom. The van der Waals surface area contributed by atoms with E-state index in [1.165, 1.54) is 5.56 Å². The van der Waals surface area contributed by atoms with Gasteiger partial charge in [0.2, 0.25) is 5.91 Å². The van der Waals surface area contributed by atoms with E-state index in [2.05, 4.69) is 36.5 Å². The number of amides is 1. The quantitative estimate of drug-likeness (QED) is 0.741. The van der Waals surface area contributed by atoms with Crippen LogP contribution in [0.15, 0.2) is 24.3 Å².